The molecule has 0 amide bonds. The molecule has 132 heavy (non-hydrogen) atoms. The monoisotopic (exact) mass is 1710 g/mol. The fourth-order valence-corrected chi connectivity index (χ4v) is 20.8. The highest BCUT2D eigenvalue weighted by atomic mass is 31.2. The van der Waals surface area contributed by atoms with Crippen molar-refractivity contribution in [1.29, 1.82) is 0 Å². The molecule has 12 heteroatoms. The zero-order valence-electron chi connectivity index (χ0n) is 71.1. The van der Waals surface area contributed by atoms with Gasteiger partial charge in [0.25, 0.3) is 0 Å². The summed E-state index contributed by atoms with van der Waals surface area (Å²) in [5.41, 5.74) is 26.1. The van der Waals surface area contributed by atoms with Crippen LogP contribution in [-0.4, -0.2) is 29.9 Å². The van der Waals surface area contributed by atoms with Crippen LogP contribution < -0.4 is 15.9 Å². The number of pyridine rings is 3. The van der Waals surface area contributed by atoms with E-state index in [4.69, 9.17) is 42.6 Å². The van der Waals surface area contributed by atoms with Crippen LogP contribution in [-0.2, 0) is 4.57 Å². The molecule has 8 aromatic heterocycles. The van der Waals surface area contributed by atoms with Gasteiger partial charge in [0.15, 0.2) is 35.3 Å². The first kappa shape index (κ1) is 79.3. The molecule has 0 N–H and O–H groups in total. The summed E-state index contributed by atoms with van der Waals surface area (Å²) < 4.78 is 41.6. The van der Waals surface area contributed by atoms with E-state index in [1.54, 1.807) is 0 Å². The van der Waals surface area contributed by atoms with E-state index >= 15 is 4.57 Å². The van der Waals surface area contributed by atoms with Gasteiger partial charge in [0, 0.05) is 120 Å². The van der Waals surface area contributed by atoms with Crippen LogP contribution >= 0.6 is 7.14 Å². The molecule has 25 aromatic rings. The lowest BCUT2D eigenvalue weighted by Gasteiger charge is -2.20. The second kappa shape index (κ2) is 34.4. The lowest BCUT2D eigenvalue weighted by molar-refractivity contribution is 0.592. The molecule has 0 bridgehead atoms. The third-order valence-corrected chi connectivity index (χ3v) is 27.5. The lowest BCUT2D eigenvalue weighted by atomic mass is 9.94. The summed E-state index contributed by atoms with van der Waals surface area (Å²) in [5.74, 6) is 3.74. The van der Waals surface area contributed by atoms with Crippen molar-refractivity contribution >= 4 is 111 Å². The number of rotatable bonds is 15. The Balaban J connectivity index is 0.000000113. The Labute approximate surface area is 760 Å². The van der Waals surface area contributed by atoms with Gasteiger partial charge in [0.1, 0.15) is 39.9 Å². The average Bonchev–Trinajstić information content (AvgIpc) is 1.56. The molecule has 0 saturated carbocycles. The van der Waals surface area contributed by atoms with Gasteiger partial charge in [-0.05, 0) is 65.2 Å². The molecule has 0 saturated heterocycles. The van der Waals surface area contributed by atoms with Crippen molar-refractivity contribution in [3.8, 4) is 135 Å². The van der Waals surface area contributed by atoms with Crippen LogP contribution in [0.25, 0.3) is 223 Å². The van der Waals surface area contributed by atoms with Gasteiger partial charge >= 0.3 is 0 Å². The Bertz CT molecular complexity index is 8530. The van der Waals surface area contributed by atoms with Crippen molar-refractivity contribution in [2.45, 2.75) is 0 Å². The summed E-state index contributed by atoms with van der Waals surface area (Å²) in [5, 5.41) is 9.69. The Hall–Kier alpha value is -17.4. The summed E-state index contributed by atoms with van der Waals surface area (Å²) in [4.78, 5) is 30.0. The fraction of sp³-hybridized carbons (Fsp3) is 0. The third kappa shape index (κ3) is 14.6. The van der Waals surface area contributed by atoms with E-state index < -0.39 is 7.14 Å². The number of aromatic nitrogens is 6. The minimum Gasteiger partial charge on any atom is -0.453 e. The van der Waals surface area contributed by atoms with Gasteiger partial charge in [-0.25, -0.2) is 29.9 Å². The molecule has 0 aliphatic heterocycles. The molecule has 622 valence electrons. The second-order valence-electron chi connectivity index (χ2n) is 32.4. The zero-order chi connectivity index (χ0) is 87.8. The van der Waals surface area contributed by atoms with Crippen LogP contribution in [0.4, 0.5) is 0 Å². The molecule has 25 rings (SSSR count). The molecule has 17 aromatic carbocycles. The number of para-hydroxylation sites is 6. The second-order valence-corrected chi connectivity index (χ2v) is 35.2. The van der Waals surface area contributed by atoms with Crippen LogP contribution in [0.1, 0.15) is 0 Å². The standard InChI is InChI=1S/C43H27N3O.C41H28NO2P.C36H22N2O2/c1-4-14-29(15-5-1)40-42-38(33-20-10-12-22-35(33)44-40)37(41(47-42)31-16-6-2-7-17-31)28-24-26-30(27-25-28)39-34-21-11-13-23-36(34)45-43(46-39)32-18-8-3-9-19-32;43-45(32-19-9-3-10-20-32,33-21-11-4-12-22-33)34-27-25-29(26-28-34)37-38-35-23-13-14-24-36(35)42-39(30-15-5-1-6-16-30)41(38)44-40(37)31-17-7-2-8-18-31;1-3-11-24(12-4-1)33-35-32(27-15-7-8-16-28(27)37-33)31(34(40-35)25-13-5-2-6-14-25)23-19-21-26(22-20-23)36-38-29-17-9-10-18-30(29)39-36/h1-27H;1-28H;1-22H. The number of hydrogen-bond donors (Lipinski definition) is 0. The zero-order valence-corrected chi connectivity index (χ0v) is 72.0. The normalized spacial score (nSPS) is 11.5. The van der Waals surface area contributed by atoms with Gasteiger partial charge in [-0.15, -0.1) is 0 Å². The van der Waals surface area contributed by atoms with E-state index in [1.165, 1.54) is 0 Å². The Morgan fingerprint density at radius 3 is 0.811 bits per heavy atom. The molecular weight excluding hydrogens is 1640 g/mol. The summed E-state index contributed by atoms with van der Waals surface area (Å²) in [7, 11) is -3.11. The molecule has 0 aliphatic carbocycles. The largest absolute Gasteiger partial charge is 0.453 e. The van der Waals surface area contributed by atoms with Crippen molar-refractivity contribution in [3.63, 3.8) is 0 Å². The molecule has 0 atom stereocenters. The Kier molecular flexibility index (Phi) is 20.7. The van der Waals surface area contributed by atoms with Gasteiger partial charge in [0.05, 0.1) is 27.8 Å². The lowest BCUT2D eigenvalue weighted by Crippen LogP contribution is -2.24. The maximum Gasteiger partial charge on any atom is 0.227 e. The summed E-state index contributed by atoms with van der Waals surface area (Å²) in [6.45, 7) is 0. The summed E-state index contributed by atoms with van der Waals surface area (Å²) >= 11 is 0. The smallest absolute Gasteiger partial charge is 0.227 e. The van der Waals surface area contributed by atoms with Gasteiger partial charge in [-0.3, -0.25) is 0 Å². The molecule has 0 aliphatic rings. The number of benzene rings is 17. The van der Waals surface area contributed by atoms with Crippen molar-refractivity contribution in [2.24, 2.45) is 0 Å². The van der Waals surface area contributed by atoms with E-state index in [0.717, 1.165) is 227 Å². The van der Waals surface area contributed by atoms with Crippen molar-refractivity contribution in [1.82, 2.24) is 29.9 Å². The van der Waals surface area contributed by atoms with E-state index in [0.29, 0.717) is 11.7 Å². The number of oxazole rings is 1. The van der Waals surface area contributed by atoms with Gasteiger partial charge in [-0.2, -0.15) is 0 Å². The van der Waals surface area contributed by atoms with E-state index in [2.05, 4.69) is 223 Å². The SMILES string of the molecule is O=P(c1ccccc1)(c1ccccc1)c1ccc(-c2c(-c3ccccc3)oc3c(-c4ccccc4)nc4ccccc4c23)cc1.c1ccc(-c2nc(-c3ccc(-c4c(-c5ccccc5)oc5c(-c6ccccc6)nc6ccccc6c45)cc3)c3ccccc3n2)cc1.c1ccc(-c2oc3c(-c4ccccc4)nc4ccccc4c3c2-c2ccc(-c3nc4ccccc4o3)cc2)cc1. The average molecular weight is 1710 g/mol. The maximum absolute atomic E-state index is 15.1. The van der Waals surface area contributed by atoms with Crippen molar-refractivity contribution in [3.05, 3.63) is 467 Å². The molecule has 0 fully saturated rings. The van der Waals surface area contributed by atoms with Gasteiger partial charge in [-0.1, -0.05) is 419 Å². The topological polar surface area (TPSA) is 147 Å². The first-order valence-electron chi connectivity index (χ1n) is 44.0. The van der Waals surface area contributed by atoms with Crippen LogP contribution in [0.5, 0.6) is 0 Å². The maximum atomic E-state index is 15.1. The quantitative estimate of drug-likeness (QED) is 0.0904. The minimum atomic E-state index is -3.11. The molecule has 8 heterocycles. The highest BCUT2D eigenvalue weighted by Crippen LogP contribution is 2.52. The highest BCUT2D eigenvalue weighted by Gasteiger charge is 2.33. The summed E-state index contributed by atoms with van der Waals surface area (Å²) in [6, 6.07) is 157. The molecular formula is C120H77N6O5P. The van der Waals surface area contributed by atoms with Crippen molar-refractivity contribution < 1.29 is 22.2 Å². The predicted octanol–water partition coefficient (Wildman–Crippen LogP) is 30.7. The van der Waals surface area contributed by atoms with E-state index in [-0.39, 0.29) is 0 Å². The van der Waals surface area contributed by atoms with E-state index in [9.17, 15) is 0 Å². The predicted molar refractivity (Wildman–Crippen MR) is 540 cm³/mol. The number of fused-ring (bicyclic) bond motifs is 11. The van der Waals surface area contributed by atoms with Crippen LogP contribution in [0, 0.1) is 0 Å². The Morgan fingerprint density at radius 2 is 0.447 bits per heavy atom. The minimum absolute atomic E-state index is 0.606. The van der Waals surface area contributed by atoms with Crippen LogP contribution in [0.3, 0.4) is 0 Å². The number of furan rings is 3. The van der Waals surface area contributed by atoms with Crippen LogP contribution in [0.15, 0.2) is 485 Å². The fourth-order valence-electron chi connectivity index (χ4n) is 18.1. The van der Waals surface area contributed by atoms with E-state index in [1.807, 2.05) is 249 Å². The molecule has 11 nitrogen and oxygen atoms in total. The van der Waals surface area contributed by atoms with Gasteiger partial charge in [0.2, 0.25) is 5.89 Å². The first-order valence-corrected chi connectivity index (χ1v) is 45.7. The Morgan fingerprint density at radius 1 is 0.182 bits per heavy atom. The third-order valence-electron chi connectivity index (χ3n) is 24.4. The molecule has 0 spiro atoms. The van der Waals surface area contributed by atoms with Crippen molar-refractivity contribution in [2.75, 3.05) is 0 Å². The van der Waals surface area contributed by atoms with Gasteiger partial charge < -0.3 is 22.2 Å². The summed E-state index contributed by atoms with van der Waals surface area (Å²) in [6.07, 6.45) is 0. The van der Waals surface area contributed by atoms with Crippen LogP contribution in [0.2, 0.25) is 0 Å². The highest BCUT2D eigenvalue weighted by molar-refractivity contribution is 7.85. The molecule has 0 radical (unpaired) electrons. The number of hydrogen-bond acceptors (Lipinski definition) is 11. The first-order chi connectivity index (χ1) is 65.4. The molecule has 0 unspecified atom stereocenters. The number of nitrogens with zero attached hydrogens (tertiary/aromatic N) is 6.